The lowest BCUT2D eigenvalue weighted by atomic mass is 9.96. The molecule has 0 spiro atoms. The zero-order valence-electron chi connectivity index (χ0n) is 27.8. The summed E-state index contributed by atoms with van der Waals surface area (Å²) in [6, 6.07) is 18.8. The molecule has 48 heavy (non-hydrogen) atoms. The summed E-state index contributed by atoms with van der Waals surface area (Å²) in [5.74, 6) is 0.191. The van der Waals surface area contributed by atoms with Crippen LogP contribution in [0.4, 0.5) is 11.4 Å². The van der Waals surface area contributed by atoms with E-state index in [1.807, 2.05) is 50.4 Å². The van der Waals surface area contributed by atoms with Crippen molar-refractivity contribution in [2.75, 3.05) is 52.0 Å². The second-order valence-corrected chi connectivity index (χ2v) is 12.0. The molecule has 0 saturated carbocycles. The Morgan fingerprint density at radius 1 is 1.02 bits per heavy atom. The molecule has 3 aromatic carbocycles. The lowest BCUT2D eigenvalue weighted by Crippen LogP contribution is -2.43. The molecule has 13 heteroatoms. The number of anilines is 2. The van der Waals surface area contributed by atoms with Gasteiger partial charge in [0.25, 0.3) is 11.8 Å². The summed E-state index contributed by atoms with van der Waals surface area (Å²) in [7, 11) is 7.08. The highest BCUT2D eigenvalue weighted by Gasteiger charge is 2.26. The fraction of sp³-hybridized carbons (Fsp3) is 0.314. The van der Waals surface area contributed by atoms with Crippen molar-refractivity contribution < 1.29 is 19.1 Å². The number of likely N-dealkylation sites (tertiary alicyclic amines) is 1. The molecule has 1 fully saturated rings. The number of hydrogen-bond donors (Lipinski definition) is 5. The maximum absolute atomic E-state index is 13.8. The maximum Gasteiger partial charge on any atom is 0.252 e. The van der Waals surface area contributed by atoms with Gasteiger partial charge in [-0.3, -0.25) is 14.4 Å². The minimum Gasteiger partial charge on any atom is -0.495 e. The van der Waals surface area contributed by atoms with Gasteiger partial charge >= 0.3 is 0 Å². The van der Waals surface area contributed by atoms with Gasteiger partial charge in [-0.25, -0.2) is 4.99 Å². The van der Waals surface area contributed by atoms with Crippen LogP contribution in [0.2, 0.25) is 0 Å². The van der Waals surface area contributed by atoms with Gasteiger partial charge in [0.1, 0.15) is 11.6 Å². The molecule has 2 aliphatic rings. The van der Waals surface area contributed by atoms with E-state index in [-0.39, 0.29) is 11.9 Å². The van der Waals surface area contributed by atoms with Gasteiger partial charge in [0.05, 0.1) is 29.1 Å². The predicted octanol–water partition coefficient (Wildman–Crippen LogP) is 4.19. The molecule has 0 radical (unpaired) electrons. The number of carbonyl (C=O) groups is 3. The first kappa shape index (κ1) is 35.8. The standard InChI is InChI=1S/C33H38ClN7O3.C2H5NO/c1-20-9-11-21(12-10-20)24-18-29(44-4)28(17-25(24)32(43)36-22-13-15-40(2)16-14-22)38-33-39-31(26(34)19-41(33)3)37-27-8-6-5-7-23(27)30(35)42;1-3-2-4/h5-12,17-19,22,33,38H,13-16H2,1-4H3,(H2,35,42)(H,36,43)(H,37,39);2H,1H3,(H,3,4). The number of amides is 3. The Labute approximate surface area is 286 Å². The molecule has 1 saturated heterocycles. The van der Waals surface area contributed by atoms with Crippen LogP contribution in [0.3, 0.4) is 0 Å². The van der Waals surface area contributed by atoms with Gasteiger partial charge in [-0.05, 0) is 75.3 Å². The van der Waals surface area contributed by atoms with E-state index in [1.54, 1.807) is 49.5 Å². The number of amidine groups is 1. The van der Waals surface area contributed by atoms with E-state index < -0.39 is 12.2 Å². The van der Waals surface area contributed by atoms with Crippen LogP contribution in [-0.4, -0.2) is 87.5 Å². The molecule has 12 nitrogen and oxygen atoms in total. The van der Waals surface area contributed by atoms with Crippen molar-refractivity contribution in [1.29, 1.82) is 0 Å². The number of rotatable bonds is 9. The largest absolute Gasteiger partial charge is 0.495 e. The molecule has 0 aliphatic carbocycles. The Kier molecular flexibility index (Phi) is 12.4. The Hall–Kier alpha value is -5.07. The number of nitrogens with zero attached hydrogens (tertiary/aromatic N) is 3. The number of aliphatic imine (C=N–C) groups is 1. The summed E-state index contributed by atoms with van der Waals surface area (Å²) in [5, 5.41) is 12.4. The van der Waals surface area contributed by atoms with Crippen LogP contribution in [0.1, 0.15) is 39.1 Å². The van der Waals surface area contributed by atoms with Crippen LogP contribution in [0.25, 0.3) is 11.1 Å². The number of nitrogens with two attached hydrogens (primary N) is 1. The van der Waals surface area contributed by atoms with Crippen molar-refractivity contribution in [2.24, 2.45) is 10.7 Å². The fourth-order valence-electron chi connectivity index (χ4n) is 5.32. The van der Waals surface area contributed by atoms with Gasteiger partial charge < -0.3 is 41.5 Å². The van der Waals surface area contributed by atoms with Crippen LogP contribution in [0.5, 0.6) is 5.75 Å². The topological polar surface area (TPSA) is 153 Å². The van der Waals surface area contributed by atoms with E-state index >= 15 is 0 Å². The third-order valence-electron chi connectivity index (χ3n) is 8.03. The smallest absolute Gasteiger partial charge is 0.252 e. The van der Waals surface area contributed by atoms with Crippen molar-refractivity contribution >= 4 is 47.0 Å². The molecule has 3 aromatic rings. The highest BCUT2D eigenvalue weighted by Crippen LogP contribution is 2.36. The quantitative estimate of drug-likeness (QED) is 0.212. The highest BCUT2D eigenvalue weighted by molar-refractivity contribution is 6.45. The van der Waals surface area contributed by atoms with Crippen LogP contribution < -0.4 is 31.7 Å². The average Bonchev–Trinajstić information content (AvgIpc) is 3.08. The van der Waals surface area contributed by atoms with Gasteiger partial charge in [-0.1, -0.05) is 53.6 Å². The highest BCUT2D eigenvalue weighted by atomic mass is 35.5. The Morgan fingerprint density at radius 3 is 2.31 bits per heavy atom. The minimum absolute atomic E-state index is 0.0985. The lowest BCUT2D eigenvalue weighted by molar-refractivity contribution is -0.109. The van der Waals surface area contributed by atoms with Crippen LogP contribution >= 0.6 is 11.6 Å². The number of hydrogen-bond acceptors (Lipinski definition) is 9. The van der Waals surface area contributed by atoms with Crippen molar-refractivity contribution in [3.05, 3.63) is 88.6 Å². The predicted molar refractivity (Wildman–Crippen MR) is 191 cm³/mol. The maximum atomic E-state index is 13.8. The van der Waals surface area contributed by atoms with Gasteiger partial charge in [-0.15, -0.1) is 0 Å². The molecule has 254 valence electrons. The molecule has 1 unspecified atom stereocenters. The lowest BCUT2D eigenvalue weighted by Gasteiger charge is -2.31. The first-order valence-corrected chi connectivity index (χ1v) is 15.9. The summed E-state index contributed by atoms with van der Waals surface area (Å²) in [6.07, 6.45) is 3.52. The number of primary amides is 1. The summed E-state index contributed by atoms with van der Waals surface area (Å²) in [6.45, 7) is 3.91. The SMILES string of the molecule is CNC=O.COc1cc(-c2ccc(C)cc2)c(C(=O)NC2CCN(C)CC2)cc1NC1N=C(Nc2ccccc2C(N)=O)C(Cl)=CN1C. The average molecular weight is 675 g/mol. The second kappa shape index (κ2) is 16.7. The molecule has 2 heterocycles. The fourth-order valence-corrected chi connectivity index (χ4v) is 5.57. The number of benzene rings is 3. The van der Waals surface area contributed by atoms with Crippen molar-refractivity contribution in [2.45, 2.75) is 32.1 Å². The first-order chi connectivity index (χ1) is 23.0. The summed E-state index contributed by atoms with van der Waals surface area (Å²) in [5.41, 5.74) is 10.3. The van der Waals surface area contributed by atoms with Crippen molar-refractivity contribution in [3.8, 4) is 16.9 Å². The van der Waals surface area contributed by atoms with Gasteiger partial charge in [0.2, 0.25) is 6.41 Å². The number of carbonyl (C=O) groups excluding carboxylic acids is 3. The Bertz CT molecular complexity index is 1670. The summed E-state index contributed by atoms with van der Waals surface area (Å²) < 4.78 is 5.82. The third-order valence-corrected chi connectivity index (χ3v) is 8.31. The molecule has 0 bridgehead atoms. The summed E-state index contributed by atoms with van der Waals surface area (Å²) >= 11 is 6.56. The molecule has 3 amide bonds. The van der Waals surface area contributed by atoms with Gasteiger partial charge in [-0.2, -0.15) is 0 Å². The number of nitrogens with one attached hydrogen (secondary N) is 4. The van der Waals surface area contributed by atoms with E-state index in [9.17, 15) is 9.59 Å². The third kappa shape index (κ3) is 9.05. The number of methoxy groups -OCH3 is 1. The van der Waals surface area contributed by atoms with Gasteiger partial charge in [0.15, 0.2) is 6.29 Å². The van der Waals surface area contributed by atoms with Crippen LogP contribution in [-0.2, 0) is 4.79 Å². The van der Waals surface area contributed by atoms with Crippen molar-refractivity contribution in [1.82, 2.24) is 20.4 Å². The zero-order chi connectivity index (χ0) is 34.8. The molecule has 6 N–H and O–H groups in total. The first-order valence-electron chi connectivity index (χ1n) is 15.5. The Balaban J connectivity index is 0.00000123. The Morgan fingerprint density at radius 2 is 1.69 bits per heavy atom. The van der Waals surface area contributed by atoms with Gasteiger partial charge in [0, 0.05) is 31.9 Å². The van der Waals surface area contributed by atoms with Crippen LogP contribution in [0, 0.1) is 6.92 Å². The molecule has 5 rings (SSSR count). The number of ether oxygens (including phenoxy) is 1. The summed E-state index contributed by atoms with van der Waals surface area (Å²) in [4.78, 5) is 43.7. The molecule has 1 atom stereocenters. The molecule has 2 aliphatic heterocycles. The molecular weight excluding hydrogens is 632 g/mol. The van der Waals surface area contributed by atoms with Crippen molar-refractivity contribution in [3.63, 3.8) is 0 Å². The zero-order valence-corrected chi connectivity index (χ0v) is 28.6. The monoisotopic (exact) mass is 674 g/mol. The molecular formula is C35H43ClN8O4. The number of piperidine rings is 1. The minimum atomic E-state index is -0.621. The van der Waals surface area contributed by atoms with E-state index in [0.717, 1.165) is 42.6 Å². The van der Waals surface area contributed by atoms with Crippen LogP contribution in [0.15, 0.2) is 76.9 Å². The van der Waals surface area contributed by atoms with E-state index in [1.165, 1.54) is 0 Å². The van der Waals surface area contributed by atoms with E-state index in [4.69, 9.17) is 31.9 Å². The number of para-hydroxylation sites is 1. The van der Waals surface area contributed by atoms with E-state index in [0.29, 0.717) is 45.5 Å². The number of aryl methyl sites for hydroxylation is 1. The molecule has 0 aromatic heterocycles. The second-order valence-electron chi connectivity index (χ2n) is 11.6. The normalized spacial score (nSPS) is 16.4. The number of halogens is 1. The van der Waals surface area contributed by atoms with E-state index in [2.05, 4.69) is 33.2 Å².